The van der Waals surface area contributed by atoms with Gasteiger partial charge in [0.1, 0.15) is 16.7 Å². The van der Waals surface area contributed by atoms with Crippen LogP contribution in [0.5, 0.6) is 11.5 Å². The number of carbonyl (C=O) groups excluding carboxylic acids is 2. The van der Waals surface area contributed by atoms with E-state index in [1.165, 1.54) is 25.3 Å². The Balaban J connectivity index is 1.61. The Hall–Kier alpha value is -2.91. The van der Waals surface area contributed by atoms with Crippen molar-refractivity contribution in [2.75, 3.05) is 12.4 Å². The van der Waals surface area contributed by atoms with E-state index in [2.05, 4.69) is 20.8 Å². The van der Waals surface area contributed by atoms with Gasteiger partial charge in [-0.05, 0) is 43.3 Å². The molecule has 0 radical (unpaired) electrons. The highest BCUT2D eigenvalue weighted by molar-refractivity contribution is 8.03. The summed E-state index contributed by atoms with van der Waals surface area (Å²) in [6.45, 7) is 1.38. The molecule has 0 bridgehead atoms. The minimum atomic E-state index is -0.833. The highest BCUT2D eigenvalue weighted by Crippen LogP contribution is 2.31. The number of ketones is 1. The molecular weight excluding hydrogens is 396 g/mol. The Morgan fingerprint density at radius 1 is 1.04 bits per heavy atom. The molecule has 7 nitrogen and oxygen atoms in total. The Morgan fingerprint density at radius 3 is 2.36 bits per heavy atom. The molecule has 3 rings (SSSR count). The van der Waals surface area contributed by atoms with Crippen molar-refractivity contribution in [2.24, 2.45) is 0 Å². The Labute approximate surface area is 170 Å². The van der Waals surface area contributed by atoms with E-state index in [1.807, 2.05) is 54.6 Å². The zero-order valence-corrected chi connectivity index (χ0v) is 16.8. The average molecular weight is 415 g/mol. The molecule has 1 amide bonds. The lowest BCUT2D eigenvalue weighted by molar-refractivity contribution is -0.126. The van der Waals surface area contributed by atoms with Crippen LogP contribution in [-0.4, -0.2) is 34.2 Å². The fraction of sp³-hybridized carbons (Fsp3) is 0.158. The maximum absolute atomic E-state index is 11.8. The molecule has 1 heterocycles. The molecule has 1 aromatic heterocycles. The fourth-order valence-corrected chi connectivity index (χ4v) is 4.11. The van der Waals surface area contributed by atoms with Gasteiger partial charge in [-0.25, -0.2) is 0 Å². The first kappa shape index (κ1) is 19.8. The lowest BCUT2D eigenvalue weighted by atomic mass is 10.3. The third-order valence-electron chi connectivity index (χ3n) is 3.56. The number of aromatic nitrogens is 2. The van der Waals surface area contributed by atoms with Crippen LogP contribution in [0.15, 0.2) is 58.9 Å². The summed E-state index contributed by atoms with van der Waals surface area (Å²) in [4.78, 5) is 23.5. The van der Waals surface area contributed by atoms with Gasteiger partial charge < -0.3 is 15.4 Å². The smallest absolute Gasteiger partial charge is 0.240 e. The van der Waals surface area contributed by atoms with Gasteiger partial charge in [-0.3, -0.25) is 9.59 Å². The number of benzene rings is 2. The highest BCUT2D eigenvalue weighted by Gasteiger charge is 2.25. The molecule has 0 aliphatic rings. The standard InChI is InChI=1S/C19H18N4O3S2/c1-12(24)16(17(25)20-2)27-19-23-22-18(28-19)21-13-8-10-15(11-9-13)26-14-6-4-3-5-7-14/h3-11,16H,1-2H3,(H,20,25)(H,21,22)/t16-/m1/s1. The normalized spacial score (nSPS) is 11.5. The summed E-state index contributed by atoms with van der Waals surface area (Å²) >= 11 is 2.36. The molecule has 9 heteroatoms. The van der Waals surface area contributed by atoms with Crippen molar-refractivity contribution in [3.8, 4) is 11.5 Å². The number of thioether (sulfide) groups is 1. The number of ether oxygens (including phenoxy) is 1. The molecule has 2 aromatic carbocycles. The van der Waals surface area contributed by atoms with Gasteiger partial charge in [0, 0.05) is 12.7 Å². The van der Waals surface area contributed by atoms with E-state index in [9.17, 15) is 9.59 Å². The summed E-state index contributed by atoms with van der Waals surface area (Å²) in [5, 5.41) is 13.5. The van der Waals surface area contributed by atoms with Crippen molar-refractivity contribution >= 4 is 45.6 Å². The number of Topliss-reactive ketones (excluding diaryl/α,β-unsaturated/α-hetero) is 1. The van der Waals surface area contributed by atoms with E-state index in [1.54, 1.807) is 0 Å². The first-order valence-electron chi connectivity index (χ1n) is 8.37. The predicted molar refractivity (Wildman–Crippen MR) is 111 cm³/mol. The lowest BCUT2D eigenvalue weighted by Gasteiger charge is -2.08. The van der Waals surface area contributed by atoms with Crippen molar-refractivity contribution in [3.63, 3.8) is 0 Å². The third-order valence-corrected chi connectivity index (χ3v) is 5.80. The summed E-state index contributed by atoms with van der Waals surface area (Å²) in [5.41, 5.74) is 0.822. The molecule has 0 unspecified atom stereocenters. The fourth-order valence-electron chi connectivity index (χ4n) is 2.22. The zero-order chi connectivity index (χ0) is 19.9. The summed E-state index contributed by atoms with van der Waals surface area (Å²) in [5.74, 6) is 0.907. The number of hydrogen-bond acceptors (Lipinski definition) is 8. The summed E-state index contributed by atoms with van der Waals surface area (Å²) < 4.78 is 6.30. The Bertz CT molecular complexity index is 945. The van der Waals surface area contributed by atoms with Crippen LogP contribution in [-0.2, 0) is 9.59 Å². The average Bonchev–Trinajstić information content (AvgIpc) is 3.14. The molecule has 0 saturated heterocycles. The van der Waals surface area contributed by atoms with Crippen LogP contribution in [0.2, 0.25) is 0 Å². The van der Waals surface area contributed by atoms with Crippen molar-refractivity contribution < 1.29 is 14.3 Å². The number of carbonyl (C=O) groups is 2. The molecular formula is C19H18N4O3S2. The Kier molecular flexibility index (Phi) is 6.62. The van der Waals surface area contributed by atoms with Crippen LogP contribution >= 0.6 is 23.1 Å². The molecule has 144 valence electrons. The first-order valence-corrected chi connectivity index (χ1v) is 10.1. The van der Waals surface area contributed by atoms with E-state index < -0.39 is 5.25 Å². The maximum atomic E-state index is 11.8. The van der Waals surface area contributed by atoms with E-state index >= 15 is 0 Å². The van der Waals surface area contributed by atoms with Crippen LogP contribution in [0, 0.1) is 0 Å². The number of para-hydroxylation sites is 1. The molecule has 0 fully saturated rings. The van der Waals surface area contributed by atoms with E-state index in [-0.39, 0.29) is 11.7 Å². The minimum absolute atomic E-state index is 0.233. The van der Waals surface area contributed by atoms with Crippen LogP contribution in [0.4, 0.5) is 10.8 Å². The van der Waals surface area contributed by atoms with Crippen LogP contribution in [0.25, 0.3) is 0 Å². The number of anilines is 2. The molecule has 0 spiro atoms. The molecule has 0 aliphatic carbocycles. The number of hydrogen-bond donors (Lipinski definition) is 2. The van der Waals surface area contributed by atoms with Crippen LogP contribution in [0.1, 0.15) is 6.92 Å². The van der Waals surface area contributed by atoms with Gasteiger partial charge in [0.25, 0.3) is 0 Å². The van der Waals surface area contributed by atoms with Crippen LogP contribution in [0.3, 0.4) is 0 Å². The summed E-state index contributed by atoms with van der Waals surface area (Å²) in [7, 11) is 1.50. The summed E-state index contributed by atoms with van der Waals surface area (Å²) in [6, 6.07) is 17.0. The van der Waals surface area contributed by atoms with Crippen molar-refractivity contribution in [1.29, 1.82) is 0 Å². The minimum Gasteiger partial charge on any atom is -0.457 e. The van der Waals surface area contributed by atoms with E-state index in [0.29, 0.717) is 9.47 Å². The third kappa shape index (κ3) is 5.30. The van der Waals surface area contributed by atoms with Gasteiger partial charge in [0.2, 0.25) is 11.0 Å². The lowest BCUT2D eigenvalue weighted by Crippen LogP contribution is -2.34. The van der Waals surface area contributed by atoms with E-state index in [4.69, 9.17) is 4.74 Å². The highest BCUT2D eigenvalue weighted by atomic mass is 32.2. The second-order valence-electron chi connectivity index (χ2n) is 5.66. The second-order valence-corrected chi connectivity index (χ2v) is 7.99. The van der Waals surface area contributed by atoms with Crippen molar-refractivity contribution in [2.45, 2.75) is 16.5 Å². The van der Waals surface area contributed by atoms with Crippen molar-refractivity contribution in [1.82, 2.24) is 15.5 Å². The molecule has 0 aliphatic heterocycles. The first-order chi connectivity index (χ1) is 13.5. The number of amides is 1. The monoisotopic (exact) mass is 414 g/mol. The zero-order valence-electron chi connectivity index (χ0n) is 15.2. The molecule has 1 atom stereocenters. The number of nitrogens with zero attached hydrogens (tertiary/aromatic N) is 2. The largest absolute Gasteiger partial charge is 0.457 e. The van der Waals surface area contributed by atoms with Gasteiger partial charge in [-0.15, -0.1) is 10.2 Å². The summed E-state index contributed by atoms with van der Waals surface area (Å²) in [6.07, 6.45) is 0. The van der Waals surface area contributed by atoms with Gasteiger partial charge in [0.05, 0.1) is 0 Å². The quantitative estimate of drug-likeness (QED) is 0.427. The van der Waals surface area contributed by atoms with Gasteiger partial charge in [-0.1, -0.05) is 41.3 Å². The topological polar surface area (TPSA) is 93.2 Å². The SMILES string of the molecule is CNC(=O)[C@H](Sc1nnc(Nc2ccc(Oc3ccccc3)cc2)s1)C(C)=O. The number of nitrogens with one attached hydrogen (secondary N) is 2. The van der Waals surface area contributed by atoms with Gasteiger partial charge >= 0.3 is 0 Å². The molecule has 2 N–H and O–H groups in total. The number of rotatable bonds is 8. The molecule has 3 aromatic rings. The Morgan fingerprint density at radius 2 is 1.71 bits per heavy atom. The van der Waals surface area contributed by atoms with Crippen molar-refractivity contribution in [3.05, 3.63) is 54.6 Å². The van der Waals surface area contributed by atoms with Gasteiger partial charge in [0.15, 0.2) is 10.1 Å². The maximum Gasteiger partial charge on any atom is 0.240 e. The molecule has 0 saturated carbocycles. The van der Waals surface area contributed by atoms with Gasteiger partial charge in [-0.2, -0.15) is 0 Å². The molecule has 28 heavy (non-hydrogen) atoms. The predicted octanol–water partition coefficient (Wildman–Crippen LogP) is 3.87. The van der Waals surface area contributed by atoms with Crippen LogP contribution < -0.4 is 15.4 Å². The second kappa shape index (κ2) is 9.34. The van der Waals surface area contributed by atoms with E-state index in [0.717, 1.165) is 28.9 Å².